The van der Waals surface area contributed by atoms with Crippen LogP contribution in [0.1, 0.15) is 47.2 Å². The van der Waals surface area contributed by atoms with Crippen LogP contribution in [0.15, 0.2) is 120 Å². The van der Waals surface area contributed by atoms with Gasteiger partial charge < -0.3 is 5.32 Å². The summed E-state index contributed by atoms with van der Waals surface area (Å²) in [7, 11) is -3.74. The summed E-state index contributed by atoms with van der Waals surface area (Å²) in [6.07, 6.45) is 3.08. The summed E-state index contributed by atoms with van der Waals surface area (Å²) in [4.78, 5) is 0.267. The molecule has 4 aromatic rings. The summed E-state index contributed by atoms with van der Waals surface area (Å²) in [5.41, 5.74) is 4.32. The molecule has 0 saturated carbocycles. The predicted molar refractivity (Wildman–Crippen MR) is 147 cm³/mol. The van der Waals surface area contributed by atoms with E-state index in [1.54, 1.807) is 12.1 Å². The Hall–Kier alpha value is -3.25. The average Bonchev–Trinajstić information content (AvgIpc) is 2.91. The third-order valence-electron chi connectivity index (χ3n) is 6.36. The maximum Gasteiger partial charge on any atom is 0.241 e. The van der Waals surface area contributed by atoms with Gasteiger partial charge in [-0.15, -0.1) is 0 Å². The zero-order valence-electron chi connectivity index (χ0n) is 20.7. The summed E-state index contributed by atoms with van der Waals surface area (Å²) in [5.74, 6) is 0. The quantitative estimate of drug-likeness (QED) is 0.223. The smallest absolute Gasteiger partial charge is 0.241 e. The molecule has 0 fully saturated rings. The van der Waals surface area contributed by atoms with Crippen molar-refractivity contribution >= 4 is 10.0 Å². The average molecular weight is 499 g/mol. The molecule has 0 saturated heterocycles. The fourth-order valence-corrected chi connectivity index (χ4v) is 5.62. The molecule has 0 radical (unpaired) electrons. The Morgan fingerprint density at radius 1 is 0.639 bits per heavy atom. The van der Waals surface area contributed by atoms with Gasteiger partial charge in [0.15, 0.2) is 0 Å². The van der Waals surface area contributed by atoms with E-state index in [4.69, 9.17) is 0 Å². The van der Waals surface area contributed by atoms with Crippen LogP contribution in [0.2, 0.25) is 0 Å². The molecule has 5 heteroatoms. The van der Waals surface area contributed by atoms with Gasteiger partial charge in [-0.3, -0.25) is 0 Å². The number of benzene rings is 4. The number of nitrogens with one attached hydrogen (secondary N) is 2. The Balaban J connectivity index is 1.56. The lowest BCUT2D eigenvalue weighted by Gasteiger charge is -2.30. The van der Waals surface area contributed by atoms with Gasteiger partial charge in [0.2, 0.25) is 10.0 Å². The van der Waals surface area contributed by atoms with Crippen molar-refractivity contribution in [2.24, 2.45) is 0 Å². The first-order valence-electron chi connectivity index (χ1n) is 12.5. The molecule has 0 unspecified atom stereocenters. The highest BCUT2D eigenvalue weighted by molar-refractivity contribution is 7.89. The normalized spacial score (nSPS) is 13.2. The summed E-state index contributed by atoms with van der Waals surface area (Å²) >= 11 is 0. The second kappa shape index (κ2) is 12.6. The molecule has 0 aliphatic rings. The second-order valence-corrected chi connectivity index (χ2v) is 10.8. The molecular formula is C31H34N2O2S. The summed E-state index contributed by atoms with van der Waals surface area (Å²) < 4.78 is 29.9. The fraction of sp³-hybridized carbons (Fsp3) is 0.226. The van der Waals surface area contributed by atoms with Gasteiger partial charge in [-0.25, -0.2) is 13.1 Å². The highest BCUT2D eigenvalue weighted by atomic mass is 32.2. The van der Waals surface area contributed by atoms with Crippen molar-refractivity contribution in [3.05, 3.63) is 138 Å². The monoisotopic (exact) mass is 498 g/mol. The minimum Gasteiger partial charge on any atom is -0.308 e. The second-order valence-electron chi connectivity index (χ2n) is 9.11. The fourth-order valence-electron chi connectivity index (χ4n) is 4.39. The van der Waals surface area contributed by atoms with Crippen LogP contribution < -0.4 is 10.0 Å². The SMILES string of the molecule is Cc1ccc(S(=O)(=O)N[C@@H](c2ccccc2)[C@@H](NCCCCc2ccccc2)c2ccccc2)cc1. The summed E-state index contributed by atoms with van der Waals surface area (Å²) in [6.45, 7) is 2.73. The van der Waals surface area contributed by atoms with E-state index in [9.17, 15) is 8.42 Å². The highest BCUT2D eigenvalue weighted by Crippen LogP contribution is 2.31. The maximum atomic E-state index is 13.5. The number of rotatable bonds is 12. The first-order valence-corrected chi connectivity index (χ1v) is 14.0. The van der Waals surface area contributed by atoms with Crippen molar-refractivity contribution in [1.29, 1.82) is 0 Å². The third kappa shape index (κ3) is 7.14. The minimum atomic E-state index is -3.74. The lowest BCUT2D eigenvalue weighted by Crippen LogP contribution is -2.39. The van der Waals surface area contributed by atoms with Crippen molar-refractivity contribution in [3.63, 3.8) is 0 Å². The molecule has 0 bridgehead atoms. The molecule has 36 heavy (non-hydrogen) atoms. The van der Waals surface area contributed by atoms with Gasteiger partial charge >= 0.3 is 0 Å². The predicted octanol–water partition coefficient (Wildman–Crippen LogP) is 6.37. The molecule has 0 aliphatic heterocycles. The Kier molecular flexibility index (Phi) is 9.06. The van der Waals surface area contributed by atoms with Crippen molar-refractivity contribution < 1.29 is 8.42 Å². The zero-order valence-corrected chi connectivity index (χ0v) is 21.5. The Morgan fingerprint density at radius 3 is 1.75 bits per heavy atom. The van der Waals surface area contributed by atoms with E-state index >= 15 is 0 Å². The van der Waals surface area contributed by atoms with Crippen molar-refractivity contribution in [2.75, 3.05) is 6.54 Å². The number of aryl methyl sites for hydroxylation is 2. The lowest BCUT2D eigenvalue weighted by atomic mass is 9.94. The van der Waals surface area contributed by atoms with Crippen LogP contribution >= 0.6 is 0 Å². The van der Waals surface area contributed by atoms with Crippen LogP contribution in [0.25, 0.3) is 0 Å². The maximum absolute atomic E-state index is 13.5. The Bertz CT molecular complexity index is 1290. The highest BCUT2D eigenvalue weighted by Gasteiger charge is 2.29. The standard InChI is InChI=1S/C31H34N2O2S/c1-25-20-22-29(23-21-25)36(34,35)33-31(28-18-9-4-10-19-28)30(27-16-7-3-8-17-27)32-24-12-11-15-26-13-5-2-6-14-26/h2-10,13-14,16-23,30-33H,11-12,15,24H2,1H3/t30-,31-/m0/s1. The van der Waals surface area contributed by atoms with Gasteiger partial charge in [0.05, 0.1) is 17.0 Å². The molecule has 0 amide bonds. The van der Waals surface area contributed by atoms with E-state index < -0.39 is 16.1 Å². The zero-order chi connectivity index (χ0) is 25.2. The molecule has 4 rings (SSSR count). The molecular weight excluding hydrogens is 464 g/mol. The summed E-state index contributed by atoms with van der Waals surface area (Å²) in [6, 6.07) is 36.7. The molecule has 186 valence electrons. The minimum absolute atomic E-state index is 0.231. The van der Waals surface area contributed by atoms with E-state index in [2.05, 4.69) is 46.4 Å². The lowest BCUT2D eigenvalue weighted by molar-refractivity contribution is 0.417. The van der Waals surface area contributed by atoms with Crippen molar-refractivity contribution in [2.45, 2.75) is 43.2 Å². The van der Waals surface area contributed by atoms with Crippen molar-refractivity contribution in [1.82, 2.24) is 10.0 Å². The largest absolute Gasteiger partial charge is 0.308 e. The first-order chi connectivity index (χ1) is 17.5. The van der Waals surface area contributed by atoms with Gasteiger partial charge in [-0.1, -0.05) is 109 Å². The van der Waals surface area contributed by atoms with E-state index in [0.29, 0.717) is 0 Å². The topological polar surface area (TPSA) is 58.2 Å². The number of sulfonamides is 1. The molecule has 4 nitrogen and oxygen atoms in total. The molecule has 2 N–H and O–H groups in total. The van der Waals surface area contributed by atoms with Crippen LogP contribution in [0.3, 0.4) is 0 Å². The molecule has 0 aliphatic carbocycles. The van der Waals surface area contributed by atoms with Crippen LogP contribution in [0, 0.1) is 6.92 Å². The molecule has 2 atom stereocenters. The number of unbranched alkanes of at least 4 members (excludes halogenated alkanes) is 1. The summed E-state index contributed by atoms with van der Waals surface area (Å²) in [5, 5.41) is 3.68. The van der Waals surface area contributed by atoms with Gasteiger partial charge in [-0.05, 0) is 61.6 Å². The van der Waals surface area contributed by atoms with Gasteiger partial charge in [0.1, 0.15) is 0 Å². The number of hydrogen-bond acceptors (Lipinski definition) is 3. The van der Waals surface area contributed by atoms with E-state index in [-0.39, 0.29) is 10.9 Å². The first kappa shape index (κ1) is 25.8. The van der Waals surface area contributed by atoms with E-state index in [1.807, 2.05) is 73.7 Å². The molecule has 0 heterocycles. The molecule has 0 aromatic heterocycles. The van der Waals surface area contributed by atoms with Crippen LogP contribution in [-0.2, 0) is 16.4 Å². The number of hydrogen-bond donors (Lipinski definition) is 2. The van der Waals surface area contributed by atoms with Crippen LogP contribution in [0.5, 0.6) is 0 Å². The van der Waals surface area contributed by atoms with Crippen LogP contribution in [-0.4, -0.2) is 15.0 Å². The van der Waals surface area contributed by atoms with Crippen molar-refractivity contribution in [3.8, 4) is 0 Å². The van der Waals surface area contributed by atoms with Gasteiger partial charge in [-0.2, -0.15) is 0 Å². The van der Waals surface area contributed by atoms with Gasteiger partial charge in [0.25, 0.3) is 0 Å². The van der Waals surface area contributed by atoms with Crippen LogP contribution in [0.4, 0.5) is 0 Å². The Morgan fingerprint density at radius 2 is 1.17 bits per heavy atom. The third-order valence-corrected chi connectivity index (χ3v) is 7.82. The van der Waals surface area contributed by atoms with E-state index in [1.165, 1.54) is 5.56 Å². The Labute approximate surface area is 215 Å². The molecule has 4 aromatic carbocycles. The molecule has 0 spiro atoms. The van der Waals surface area contributed by atoms with Gasteiger partial charge in [0, 0.05) is 0 Å². The van der Waals surface area contributed by atoms with E-state index in [0.717, 1.165) is 42.5 Å².